The summed E-state index contributed by atoms with van der Waals surface area (Å²) in [5.41, 5.74) is 0.395. The third-order valence-corrected chi connectivity index (χ3v) is 1.73. The molecule has 0 aliphatic heterocycles. The maximum Gasteiger partial charge on any atom is 0.328 e. The molecule has 0 spiro atoms. The number of carboxylic acid groups (broad SMARTS) is 1. The van der Waals surface area contributed by atoms with Gasteiger partial charge in [-0.3, -0.25) is 4.79 Å². The summed E-state index contributed by atoms with van der Waals surface area (Å²) in [6.45, 7) is 0. The van der Waals surface area contributed by atoms with Crippen LogP contribution in [0.1, 0.15) is 10.4 Å². The van der Waals surface area contributed by atoms with Gasteiger partial charge in [-0.05, 0) is 18.2 Å². The van der Waals surface area contributed by atoms with Crippen LogP contribution < -0.4 is 4.74 Å². The van der Waals surface area contributed by atoms with Crippen LogP contribution in [0.4, 0.5) is 0 Å². The smallest absolute Gasteiger partial charge is 0.328 e. The first kappa shape index (κ1) is 11.0. The van der Waals surface area contributed by atoms with Crippen LogP contribution in [0, 0.1) is 0 Å². The van der Waals surface area contributed by atoms with E-state index in [-0.39, 0.29) is 5.78 Å². The minimum atomic E-state index is -1.15. The highest BCUT2D eigenvalue weighted by Gasteiger charge is 2.03. The lowest BCUT2D eigenvalue weighted by atomic mass is 10.1. The number of carboxylic acids is 1. The van der Waals surface area contributed by atoms with Gasteiger partial charge in [-0.1, -0.05) is 12.1 Å². The lowest BCUT2D eigenvalue weighted by molar-refractivity contribution is -0.131. The molecule has 0 saturated carbocycles. The zero-order valence-corrected chi connectivity index (χ0v) is 8.14. The van der Waals surface area contributed by atoms with Gasteiger partial charge in [0.25, 0.3) is 0 Å². The Balaban J connectivity index is 2.86. The summed E-state index contributed by atoms with van der Waals surface area (Å²) in [6, 6.07) is 6.52. The fraction of sp³-hybridized carbons (Fsp3) is 0.0909. The Bertz CT molecular complexity index is 407. The average Bonchev–Trinajstić information content (AvgIpc) is 2.26. The molecule has 4 heteroatoms. The number of rotatable bonds is 4. The molecular weight excluding hydrogens is 196 g/mol. The Morgan fingerprint density at radius 2 is 2.07 bits per heavy atom. The molecule has 0 fully saturated rings. The van der Waals surface area contributed by atoms with E-state index in [1.165, 1.54) is 7.11 Å². The number of carbonyl (C=O) groups is 2. The lowest BCUT2D eigenvalue weighted by Gasteiger charge is -2.00. The van der Waals surface area contributed by atoms with Crippen LogP contribution >= 0.6 is 0 Å². The van der Waals surface area contributed by atoms with Crippen molar-refractivity contribution in [3.63, 3.8) is 0 Å². The molecule has 0 amide bonds. The molecule has 0 saturated heterocycles. The van der Waals surface area contributed by atoms with Gasteiger partial charge in [0.05, 0.1) is 7.11 Å². The quantitative estimate of drug-likeness (QED) is 0.599. The number of methoxy groups -OCH3 is 1. The molecule has 1 aromatic rings. The van der Waals surface area contributed by atoms with Crippen molar-refractivity contribution in [3.05, 3.63) is 42.0 Å². The molecule has 0 bridgehead atoms. The van der Waals surface area contributed by atoms with Crippen LogP contribution in [0.2, 0.25) is 0 Å². The van der Waals surface area contributed by atoms with Crippen molar-refractivity contribution in [1.29, 1.82) is 0 Å². The molecule has 0 atom stereocenters. The first-order valence-corrected chi connectivity index (χ1v) is 4.23. The van der Waals surface area contributed by atoms with E-state index in [1.54, 1.807) is 24.3 Å². The van der Waals surface area contributed by atoms with E-state index in [0.717, 1.165) is 12.2 Å². The summed E-state index contributed by atoms with van der Waals surface area (Å²) < 4.78 is 4.94. The second-order valence-electron chi connectivity index (χ2n) is 2.77. The Morgan fingerprint density at radius 3 is 2.67 bits per heavy atom. The van der Waals surface area contributed by atoms with E-state index in [0.29, 0.717) is 11.3 Å². The first-order valence-electron chi connectivity index (χ1n) is 4.23. The molecule has 0 aliphatic carbocycles. The predicted molar refractivity (Wildman–Crippen MR) is 54.1 cm³/mol. The van der Waals surface area contributed by atoms with Gasteiger partial charge in [-0.25, -0.2) is 4.79 Å². The van der Waals surface area contributed by atoms with Crippen molar-refractivity contribution in [2.45, 2.75) is 0 Å². The molecule has 0 radical (unpaired) electrons. The van der Waals surface area contributed by atoms with Crippen LogP contribution in [0.5, 0.6) is 5.75 Å². The Morgan fingerprint density at radius 1 is 1.33 bits per heavy atom. The zero-order valence-electron chi connectivity index (χ0n) is 8.14. The van der Waals surface area contributed by atoms with Crippen LogP contribution in [0.15, 0.2) is 36.4 Å². The maximum absolute atomic E-state index is 11.4. The molecule has 1 aromatic carbocycles. The monoisotopic (exact) mass is 206 g/mol. The fourth-order valence-corrected chi connectivity index (χ4v) is 1.02. The summed E-state index contributed by atoms with van der Waals surface area (Å²) >= 11 is 0. The number of allylic oxidation sites excluding steroid dienone is 1. The van der Waals surface area contributed by atoms with Gasteiger partial charge in [-0.2, -0.15) is 0 Å². The average molecular weight is 206 g/mol. The Hall–Kier alpha value is -2.10. The lowest BCUT2D eigenvalue weighted by Crippen LogP contribution is -1.97. The van der Waals surface area contributed by atoms with Crippen molar-refractivity contribution < 1.29 is 19.4 Å². The highest BCUT2D eigenvalue weighted by molar-refractivity contribution is 6.07. The minimum Gasteiger partial charge on any atom is -0.497 e. The third kappa shape index (κ3) is 3.27. The highest BCUT2D eigenvalue weighted by atomic mass is 16.5. The molecule has 0 aliphatic rings. The number of ketones is 1. The summed E-state index contributed by atoms with van der Waals surface area (Å²) in [5.74, 6) is -0.952. The highest BCUT2D eigenvalue weighted by Crippen LogP contribution is 2.13. The number of aliphatic carboxylic acids is 1. The molecule has 15 heavy (non-hydrogen) atoms. The number of benzene rings is 1. The van der Waals surface area contributed by atoms with Crippen LogP contribution in [0.25, 0.3) is 0 Å². The summed E-state index contributed by atoms with van der Waals surface area (Å²) in [4.78, 5) is 21.6. The van der Waals surface area contributed by atoms with Crippen molar-refractivity contribution in [2.24, 2.45) is 0 Å². The first-order chi connectivity index (χ1) is 7.13. The second kappa shape index (κ2) is 4.95. The molecule has 1 rings (SSSR count). The molecule has 0 unspecified atom stereocenters. The van der Waals surface area contributed by atoms with Crippen molar-refractivity contribution in [2.75, 3.05) is 7.11 Å². The molecule has 0 heterocycles. The van der Waals surface area contributed by atoms with Crippen molar-refractivity contribution in [1.82, 2.24) is 0 Å². The standard InChI is InChI=1S/C11H10O4/c1-15-9-4-2-3-8(7-9)10(12)5-6-11(13)14/h2-7H,1H3,(H,13,14)/b6-5+. The third-order valence-electron chi connectivity index (χ3n) is 1.73. The van der Waals surface area contributed by atoms with Gasteiger partial charge in [0, 0.05) is 11.6 Å². The van der Waals surface area contributed by atoms with Gasteiger partial charge in [-0.15, -0.1) is 0 Å². The second-order valence-corrected chi connectivity index (χ2v) is 2.77. The maximum atomic E-state index is 11.4. The van der Waals surface area contributed by atoms with E-state index in [2.05, 4.69) is 0 Å². The van der Waals surface area contributed by atoms with E-state index in [1.807, 2.05) is 0 Å². The van der Waals surface area contributed by atoms with Crippen LogP contribution in [-0.2, 0) is 4.79 Å². The van der Waals surface area contributed by atoms with E-state index < -0.39 is 5.97 Å². The largest absolute Gasteiger partial charge is 0.497 e. The minimum absolute atomic E-state index is 0.365. The van der Waals surface area contributed by atoms with Crippen molar-refractivity contribution in [3.8, 4) is 5.75 Å². The topological polar surface area (TPSA) is 63.6 Å². The molecule has 1 N–H and O–H groups in total. The van der Waals surface area contributed by atoms with Crippen LogP contribution in [-0.4, -0.2) is 24.0 Å². The fourth-order valence-electron chi connectivity index (χ4n) is 1.02. The van der Waals surface area contributed by atoms with Gasteiger partial charge in [0.1, 0.15) is 5.75 Å². The normalized spacial score (nSPS) is 10.2. The zero-order chi connectivity index (χ0) is 11.3. The van der Waals surface area contributed by atoms with Gasteiger partial charge < -0.3 is 9.84 Å². The SMILES string of the molecule is COc1cccc(C(=O)/C=C/C(=O)O)c1. The van der Waals surface area contributed by atoms with Crippen LogP contribution in [0.3, 0.4) is 0 Å². The Labute approximate surface area is 86.8 Å². The Kier molecular flexibility index (Phi) is 3.62. The number of hydrogen-bond donors (Lipinski definition) is 1. The molecule has 0 aromatic heterocycles. The van der Waals surface area contributed by atoms with E-state index in [9.17, 15) is 9.59 Å². The summed E-state index contributed by atoms with van der Waals surface area (Å²) in [6.07, 6.45) is 1.82. The van der Waals surface area contributed by atoms with Crippen molar-refractivity contribution >= 4 is 11.8 Å². The van der Waals surface area contributed by atoms with Gasteiger partial charge >= 0.3 is 5.97 Å². The summed E-state index contributed by atoms with van der Waals surface area (Å²) in [5, 5.41) is 8.35. The molecule has 4 nitrogen and oxygen atoms in total. The summed E-state index contributed by atoms with van der Waals surface area (Å²) in [7, 11) is 1.50. The van der Waals surface area contributed by atoms with Gasteiger partial charge in [0.15, 0.2) is 5.78 Å². The number of carbonyl (C=O) groups excluding carboxylic acids is 1. The van der Waals surface area contributed by atoms with E-state index in [4.69, 9.17) is 9.84 Å². The number of hydrogen-bond acceptors (Lipinski definition) is 3. The molecule has 78 valence electrons. The molecular formula is C11H10O4. The number of ether oxygens (including phenoxy) is 1. The predicted octanol–water partition coefficient (Wildman–Crippen LogP) is 1.52. The van der Waals surface area contributed by atoms with E-state index >= 15 is 0 Å². The van der Waals surface area contributed by atoms with Gasteiger partial charge in [0.2, 0.25) is 0 Å².